The van der Waals surface area contributed by atoms with Crippen LogP contribution in [0.1, 0.15) is 37.8 Å². The van der Waals surface area contributed by atoms with E-state index in [0.717, 1.165) is 11.1 Å². The molecule has 1 amide bonds. The summed E-state index contributed by atoms with van der Waals surface area (Å²) in [5.41, 5.74) is 1.36. The molecule has 0 spiro atoms. The van der Waals surface area contributed by atoms with E-state index in [-0.39, 0.29) is 18.2 Å². The van der Waals surface area contributed by atoms with Gasteiger partial charge in [0, 0.05) is 6.54 Å². The van der Waals surface area contributed by atoms with Gasteiger partial charge in [0.05, 0.1) is 12.5 Å². The van der Waals surface area contributed by atoms with Crippen LogP contribution in [0.5, 0.6) is 5.75 Å². The summed E-state index contributed by atoms with van der Waals surface area (Å²) in [6.07, 6.45) is -0.449. The van der Waals surface area contributed by atoms with Gasteiger partial charge < -0.3 is 9.47 Å². The molecule has 1 aliphatic rings. The van der Waals surface area contributed by atoms with Gasteiger partial charge in [-0.15, -0.1) is 0 Å². The van der Waals surface area contributed by atoms with Crippen LogP contribution in [0, 0.1) is 0 Å². The number of ketones is 1. The van der Waals surface area contributed by atoms with Crippen LogP contribution in [0.25, 0.3) is 0 Å². The number of hydrogen-bond donors (Lipinski definition) is 0. The Labute approximate surface area is 159 Å². The summed E-state index contributed by atoms with van der Waals surface area (Å²) in [6, 6.07) is 17.4. The Kier molecular flexibility index (Phi) is 5.49. The third-order valence-electron chi connectivity index (χ3n) is 4.30. The van der Waals surface area contributed by atoms with Gasteiger partial charge in [0.15, 0.2) is 5.78 Å². The molecule has 0 aliphatic carbocycles. The maximum atomic E-state index is 12.5. The van der Waals surface area contributed by atoms with Gasteiger partial charge in [-0.2, -0.15) is 0 Å². The van der Waals surface area contributed by atoms with Crippen molar-refractivity contribution in [1.82, 2.24) is 4.90 Å². The van der Waals surface area contributed by atoms with Gasteiger partial charge in [0.1, 0.15) is 18.0 Å². The van der Waals surface area contributed by atoms with Crippen molar-refractivity contribution in [3.8, 4) is 5.75 Å². The average Bonchev–Trinajstić information content (AvgIpc) is 3.02. The van der Waals surface area contributed by atoms with Gasteiger partial charge in [-0.3, -0.25) is 9.69 Å². The van der Waals surface area contributed by atoms with Crippen LogP contribution in [0.2, 0.25) is 0 Å². The van der Waals surface area contributed by atoms with Crippen LogP contribution >= 0.6 is 0 Å². The first kappa shape index (κ1) is 19.0. The second-order valence-electron chi connectivity index (χ2n) is 7.73. The Hall–Kier alpha value is -2.82. The number of carbonyl (C=O) groups is 2. The summed E-state index contributed by atoms with van der Waals surface area (Å²) >= 11 is 0. The van der Waals surface area contributed by atoms with Crippen LogP contribution in [0.15, 0.2) is 54.6 Å². The van der Waals surface area contributed by atoms with Crippen LogP contribution < -0.4 is 4.74 Å². The Morgan fingerprint density at radius 1 is 1.11 bits per heavy atom. The lowest BCUT2D eigenvalue weighted by Gasteiger charge is -2.24. The molecular weight excluding hydrogens is 342 g/mol. The molecule has 27 heavy (non-hydrogen) atoms. The number of nitrogens with zero attached hydrogens (tertiary/aromatic N) is 1. The standard InChI is InChI=1S/C22H25NO4/c1-22(2,3)27-21(25)23-13-19(20(24)14-23)17-10-7-11-18(12-17)26-15-16-8-5-4-6-9-16/h4-12,19H,13-15H2,1-3H3. The summed E-state index contributed by atoms with van der Waals surface area (Å²) in [5, 5.41) is 0. The van der Waals surface area contributed by atoms with E-state index in [2.05, 4.69) is 0 Å². The third kappa shape index (κ3) is 5.09. The number of likely N-dealkylation sites (tertiary alicyclic amines) is 1. The van der Waals surface area contributed by atoms with Crippen LogP contribution in [-0.4, -0.2) is 35.5 Å². The first-order valence-electron chi connectivity index (χ1n) is 9.09. The summed E-state index contributed by atoms with van der Waals surface area (Å²) in [5.74, 6) is 0.374. The van der Waals surface area contributed by atoms with Gasteiger partial charge in [-0.05, 0) is 44.0 Å². The van der Waals surface area contributed by atoms with Gasteiger partial charge in [-0.1, -0.05) is 42.5 Å². The van der Waals surface area contributed by atoms with Crippen LogP contribution in [0.4, 0.5) is 4.79 Å². The normalized spacial score (nSPS) is 17.1. The van der Waals surface area contributed by atoms with E-state index < -0.39 is 11.7 Å². The SMILES string of the molecule is CC(C)(C)OC(=O)N1CC(=O)C(c2cccc(OCc3ccccc3)c2)C1. The number of amides is 1. The van der Waals surface area contributed by atoms with Crippen molar-refractivity contribution in [2.24, 2.45) is 0 Å². The summed E-state index contributed by atoms with van der Waals surface area (Å²) in [6.45, 7) is 6.31. The van der Waals surface area contributed by atoms with Crippen molar-refractivity contribution in [3.05, 3.63) is 65.7 Å². The molecule has 0 bridgehead atoms. The highest BCUT2D eigenvalue weighted by molar-refractivity contribution is 5.93. The average molecular weight is 367 g/mol. The number of ether oxygens (including phenoxy) is 2. The molecule has 0 saturated carbocycles. The zero-order valence-electron chi connectivity index (χ0n) is 16.0. The number of carbonyl (C=O) groups excluding carboxylic acids is 2. The molecular formula is C22H25NO4. The van der Waals surface area contributed by atoms with E-state index >= 15 is 0 Å². The van der Waals surface area contributed by atoms with Crippen LogP contribution in [-0.2, 0) is 16.1 Å². The Morgan fingerprint density at radius 3 is 2.56 bits per heavy atom. The smallest absolute Gasteiger partial charge is 0.410 e. The summed E-state index contributed by atoms with van der Waals surface area (Å²) in [7, 11) is 0. The second kappa shape index (κ2) is 7.82. The predicted molar refractivity (Wildman–Crippen MR) is 103 cm³/mol. The number of hydrogen-bond acceptors (Lipinski definition) is 4. The molecule has 1 fully saturated rings. The molecule has 142 valence electrons. The third-order valence-corrected chi connectivity index (χ3v) is 4.30. The Morgan fingerprint density at radius 2 is 1.85 bits per heavy atom. The van der Waals surface area contributed by atoms with Crippen LogP contribution in [0.3, 0.4) is 0 Å². The number of rotatable bonds is 4. The van der Waals surface area contributed by atoms with Crippen molar-refractivity contribution < 1.29 is 19.1 Å². The minimum Gasteiger partial charge on any atom is -0.489 e. The summed E-state index contributed by atoms with van der Waals surface area (Å²) < 4.78 is 11.2. The number of benzene rings is 2. The molecule has 1 aliphatic heterocycles. The molecule has 1 heterocycles. The van der Waals surface area contributed by atoms with E-state index in [4.69, 9.17) is 9.47 Å². The van der Waals surface area contributed by atoms with Crippen molar-refractivity contribution in [3.63, 3.8) is 0 Å². The summed E-state index contributed by atoms with van der Waals surface area (Å²) in [4.78, 5) is 26.2. The van der Waals surface area contributed by atoms with Gasteiger partial charge in [-0.25, -0.2) is 4.79 Å². The molecule has 0 aromatic heterocycles. The molecule has 2 aromatic rings. The first-order chi connectivity index (χ1) is 12.8. The van der Waals surface area contributed by atoms with Crippen molar-refractivity contribution in [2.45, 2.75) is 38.9 Å². The minimum atomic E-state index is -0.580. The molecule has 1 atom stereocenters. The highest BCUT2D eigenvalue weighted by Gasteiger charge is 2.36. The zero-order valence-corrected chi connectivity index (χ0v) is 16.0. The predicted octanol–water partition coefficient (Wildman–Crippen LogP) is 4.17. The maximum Gasteiger partial charge on any atom is 0.410 e. The topological polar surface area (TPSA) is 55.8 Å². The second-order valence-corrected chi connectivity index (χ2v) is 7.73. The Bertz CT molecular complexity index is 811. The van der Waals surface area contributed by atoms with Gasteiger partial charge in [0.2, 0.25) is 0 Å². The van der Waals surface area contributed by atoms with Gasteiger partial charge in [0.25, 0.3) is 0 Å². The zero-order chi connectivity index (χ0) is 19.4. The quantitative estimate of drug-likeness (QED) is 0.814. The van der Waals surface area contributed by atoms with Gasteiger partial charge >= 0.3 is 6.09 Å². The maximum absolute atomic E-state index is 12.5. The highest BCUT2D eigenvalue weighted by atomic mass is 16.6. The van der Waals surface area contributed by atoms with Crippen molar-refractivity contribution in [2.75, 3.05) is 13.1 Å². The lowest BCUT2D eigenvalue weighted by molar-refractivity contribution is -0.118. The van der Waals surface area contributed by atoms with E-state index in [1.54, 1.807) is 0 Å². The van der Waals surface area contributed by atoms with E-state index in [9.17, 15) is 9.59 Å². The fraction of sp³-hybridized carbons (Fsp3) is 0.364. The molecule has 5 heteroatoms. The van der Waals surface area contributed by atoms with Crippen molar-refractivity contribution in [1.29, 1.82) is 0 Å². The molecule has 1 saturated heterocycles. The molecule has 5 nitrogen and oxygen atoms in total. The highest BCUT2D eigenvalue weighted by Crippen LogP contribution is 2.28. The largest absolute Gasteiger partial charge is 0.489 e. The molecule has 1 unspecified atom stereocenters. The van der Waals surface area contributed by atoms with Crippen molar-refractivity contribution >= 4 is 11.9 Å². The monoisotopic (exact) mass is 367 g/mol. The van der Waals surface area contributed by atoms with E-state index in [1.165, 1.54) is 4.90 Å². The molecule has 0 radical (unpaired) electrons. The fourth-order valence-electron chi connectivity index (χ4n) is 3.00. The van der Waals surface area contributed by atoms with E-state index in [0.29, 0.717) is 18.9 Å². The lowest BCUT2D eigenvalue weighted by Crippen LogP contribution is -2.35. The Balaban J connectivity index is 1.66. The molecule has 0 N–H and O–H groups in total. The lowest BCUT2D eigenvalue weighted by atomic mass is 9.97. The van der Waals surface area contributed by atoms with E-state index in [1.807, 2.05) is 75.4 Å². The fourth-order valence-corrected chi connectivity index (χ4v) is 3.00. The first-order valence-corrected chi connectivity index (χ1v) is 9.09. The molecule has 3 rings (SSSR count). The number of Topliss-reactive ketones (excluding diaryl/α,β-unsaturated/α-hetero) is 1. The molecule has 2 aromatic carbocycles. The minimum absolute atomic E-state index is 0.0149.